The van der Waals surface area contributed by atoms with Crippen LogP contribution in [0.4, 0.5) is 10.5 Å². The Balaban J connectivity index is 2.27. The molecule has 0 spiro atoms. The topological polar surface area (TPSA) is 49.8 Å². The van der Waals surface area contributed by atoms with Crippen molar-refractivity contribution in [1.82, 2.24) is 0 Å². The molecule has 0 aliphatic heterocycles. The Bertz CT molecular complexity index is 650. The first-order chi connectivity index (χ1) is 11.0. The van der Waals surface area contributed by atoms with Gasteiger partial charge in [0.1, 0.15) is 5.75 Å². The van der Waals surface area contributed by atoms with Crippen LogP contribution in [0.15, 0.2) is 48.5 Å². The minimum atomic E-state index is -0.944. The SMILES string of the molecule is CCN(C(=O)O)c1ccc(-c2ccccc2OCC(C)C)cc1. The van der Waals surface area contributed by atoms with Gasteiger partial charge in [-0.15, -0.1) is 0 Å². The van der Waals surface area contributed by atoms with Gasteiger partial charge in [0.05, 0.1) is 6.61 Å². The summed E-state index contributed by atoms with van der Waals surface area (Å²) < 4.78 is 5.89. The van der Waals surface area contributed by atoms with Crippen molar-refractivity contribution in [3.8, 4) is 16.9 Å². The standard InChI is InChI=1S/C19H23NO3/c1-4-20(19(21)22)16-11-9-15(10-12-16)17-7-5-6-8-18(17)23-13-14(2)3/h5-12,14H,4,13H2,1-3H3,(H,21,22). The van der Waals surface area contributed by atoms with Crippen LogP contribution in [0.1, 0.15) is 20.8 Å². The molecule has 2 aromatic rings. The summed E-state index contributed by atoms with van der Waals surface area (Å²) in [5.74, 6) is 1.30. The molecule has 0 saturated carbocycles. The van der Waals surface area contributed by atoms with Gasteiger partial charge >= 0.3 is 6.09 Å². The maximum absolute atomic E-state index is 11.2. The largest absolute Gasteiger partial charge is 0.493 e. The van der Waals surface area contributed by atoms with Crippen LogP contribution < -0.4 is 9.64 Å². The van der Waals surface area contributed by atoms with Gasteiger partial charge in [-0.25, -0.2) is 4.79 Å². The monoisotopic (exact) mass is 313 g/mol. The van der Waals surface area contributed by atoms with E-state index in [4.69, 9.17) is 4.74 Å². The van der Waals surface area contributed by atoms with Crippen molar-refractivity contribution < 1.29 is 14.6 Å². The molecule has 1 N–H and O–H groups in total. The lowest BCUT2D eigenvalue weighted by Gasteiger charge is -2.18. The predicted octanol–water partition coefficient (Wildman–Crippen LogP) is 4.89. The average Bonchev–Trinajstić information content (AvgIpc) is 2.54. The summed E-state index contributed by atoms with van der Waals surface area (Å²) in [6.07, 6.45) is -0.944. The Morgan fingerprint density at radius 1 is 1.13 bits per heavy atom. The number of para-hydroxylation sites is 1. The van der Waals surface area contributed by atoms with Crippen LogP contribution in [-0.2, 0) is 0 Å². The van der Waals surface area contributed by atoms with Gasteiger partial charge < -0.3 is 9.84 Å². The molecule has 23 heavy (non-hydrogen) atoms. The molecule has 0 bridgehead atoms. The molecule has 0 unspecified atom stereocenters. The Morgan fingerprint density at radius 3 is 2.35 bits per heavy atom. The highest BCUT2D eigenvalue weighted by Gasteiger charge is 2.12. The maximum Gasteiger partial charge on any atom is 0.411 e. The van der Waals surface area contributed by atoms with E-state index in [9.17, 15) is 9.90 Å². The first kappa shape index (κ1) is 16.9. The first-order valence-electron chi connectivity index (χ1n) is 7.85. The Labute approximate surface area is 137 Å². The van der Waals surface area contributed by atoms with E-state index in [1.54, 1.807) is 0 Å². The van der Waals surface area contributed by atoms with Crippen molar-refractivity contribution in [2.24, 2.45) is 5.92 Å². The number of carboxylic acid groups (broad SMARTS) is 1. The third-order valence-electron chi connectivity index (χ3n) is 3.50. The van der Waals surface area contributed by atoms with Crippen molar-refractivity contribution in [3.63, 3.8) is 0 Å². The molecule has 0 radical (unpaired) electrons. The van der Waals surface area contributed by atoms with Crippen molar-refractivity contribution in [2.75, 3.05) is 18.1 Å². The maximum atomic E-state index is 11.2. The number of hydrogen-bond acceptors (Lipinski definition) is 2. The van der Waals surface area contributed by atoms with Gasteiger partial charge in [0, 0.05) is 17.8 Å². The minimum absolute atomic E-state index is 0.419. The molecule has 0 fully saturated rings. The number of anilines is 1. The van der Waals surface area contributed by atoms with Crippen LogP contribution in [0.3, 0.4) is 0 Å². The fourth-order valence-electron chi connectivity index (χ4n) is 2.34. The molecule has 2 rings (SSSR count). The van der Waals surface area contributed by atoms with Crippen molar-refractivity contribution in [3.05, 3.63) is 48.5 Å². The molecule has 122 valence electrons. The number of amides is 1. The zero-order valence-corrected chi connectivity index (χ0v) is 13.8. The predicted molar refractivity (Wildman–Crippen MR) is 93.3 cm³/mol. The summed E-state index contributed by atoms with van der Waals surface area (Å²) >= 11 is 0. The van der Waals surface area contributed by atoms with Crippen LogP contribution in [0.25, 0.3) is 11.1 Å². The molecule has 4 nitrogen and oxygen atoms in total. The lowest BCUT2D eigenvalue weighted by Crippen LogP contribution is -2.28. The van der Waals surface area contributed by atoms with Crippen LogP contribution in [0, 0.1) is 5.92 Å². The second-order valence-electron chi connectivity index (χ2n) is 5.77. The van der Waals surface area contributed by atoms with E-state index in [-0.39, 0.29) is 0 Å². The quantitative estimate of drug-likeness (QED) is 0.825. The van der Waals surface area contributed by atoms with E-state index >= 15 is 0 Å². The van der Waals surface area contributed by atoms with Gasteiger partial charge in [0.15, 0.2) is 0 Å². The van der Waals surface area contributed by atoms with Crippen molar-refractivity contribution in [1.29, 1.82) is 0 Å². The van der Waals surface area contributed by atoms with Crippen molar-refractivity contribution >= 4 is 11.8 Å². The third-order valence-corrected chi connectivity index (χ3v) is 3.50. The summed E-state index contributed by atoms with van der Waals surface area (Å²) in [5, 5.41) is 9.18. The highest BCUT2D eigenvalue weighted by molar-refractivity contribution is 5.86. The number of carbonyl (C=O) groups is 1. The molecular weight excluding hydrogens is 290 g/mol. The molecular formula is C19H23NO3. The molecule has 4 heteroatoms. The van der Waals surface area contributed by atoms with E-state index in [0.29, 0.717) is 24.8 Å². The van der Waals surface area contributed by atoms with Crippen LogP contribution in [0.2, 0.25) is 0 Å². The zero-order valence-electron chi connectivity index (χ0n) is 13.8. The normalized spacial score (nSPS) is 10.6. The van der Waals surface area contributed by atoms with E-state index in [0.717, 1.165) is 16.9 Å². The van der Waals surface area contributed by atoms with Gasteiger partial charge in [0.2, 0.25) is 0 Å². The summed E-state index contributed by atoms with van der Waals surface area (Å²) in [6.45, 7) is 7.13. The lowest BCUT2D eigenvalue weighted by atomic mass is 10.0. The number of benzene rings is 2. The number of nitrogens with zero attached hydrogens (tertiary/aromatic N) is 1. The van der Waals surface area contributed by atoms with Gasteiger partial charge in [0.25, 0.3) is 0 Å². The van der Waals surface area contributed by atoms with Gasteiger partial charge in [-0.05, 0) is 36.6 Å². The third kappa shape index (κ3) is 4.25. The zero-order chi connectivity index (χ0) is 16.8. The molecule has 0 aliphatic rings. The molecule has 0 atom stereocenters. The minimum Gasteiger partial charge on any atom is -0.493 e. The Morgan fingerprint density at radius 2 is 1.78 bits per heavy atom. The van der Waals surface area contributed by atoms with E-state index in [2.05, 4.69) is 13.8 Å². The number of rotatable bonds is 6. The second-order valence-corrected chi connectivity index (χ2v) is 5.77. The molecule has 0 aromatic heterocycles. The molecule has 0 heterocycles. The molecule has 2 aromatic carbocycles. The van der Waals surface area contributed by atoms with Crippen LogP contribution in [-0.4, -0.2) is 24.4 Å². The lowest BCUT2D eigenvalue weighted by molar-refractivity contribution is 0.202. The summed E-state index contributed by atoms with van der Waals surface area (Å²) in [6, 6.07) is 15.4. The van der Waals surface area contributed by atoms with Gasteiger partial charge in [-0.2, -0.15) is 0 Å². The van der Waals surface area contributed by atoms with Crippen molar-refractivity contribution in [2.45, 2.75) is 20.8 Å². The fourth-order valence-corrected chi connectivity index (χ4v) is 2.34. The average molecular weight is 313 g/mol. The summed E-state index contributed by atoms with van der Waals surface area (Å²) in [4.78, 5) is 12.5. The highest BCUT2D eigenvalue weighted by atomic mass is 16.5. The molecule has 0 saturated heterocycles. The van der Waals surface area contributed by atoms with E-state index in [1.807, 2.05) is 55.5 Å². The fraction of sp³-hybridized carbons (Fsp3) is 0.316. The van der Waals surface area contributed by atoms with Gasteiger partial charge in [-0.3, -0.25) is 4.90 Å². The van der Waals surface area contributed by atoms with E-state index < -0.39 is 6.09 Å². The molecule has 1 amide bonds. The second kappa shape index (κ2) is 7.68. The summed E-state index contributed by atoms with van der Waals surface area (Å²) in [7, 11) is 0. The first-order valence-corrected chi connectivity index (χ1v) is 7.85. The van der Waals surface area contributed by atoms with E-state index in [1.165, 1.54) is 4.90 Å². The van der Waals surface area contributed by atoms with Gasteiger partial charge in [-0.1, -0.05) is 44.2 Å². The number of hydrogen-bond donors (Lipinski definition) is 1. The molecule has 0 aliphatic carbocycles. The van der Waals surface area contributed by atoms with Crippen LogP contribution in [0.5, 0.6) is 5.75 Å². The Hall–Kier alpha value is -2.49. The summed E-state index contributed by atoms with van der Waals surface area (Å²) in [5.41, 5.74) is 2.69. The smallest absolute Gasteiger partial charge is 0.411 e. The Kier molecular flexibility index (Phi) is 5.63. The van der Waals surface area contributed by atoms with Crippen LogP contribution >= 0.6 is 0 Å². The number of ether oxygens (including phenoxy) is 1. The highest BCUT2D eigenvalue weighted by Crippen LogP contribution is 2.31.